The fraction of sp³-hybridized carbons (Fsp3) is 0.333. The molecule has 3 nitrogen and oxygen atoms in total. The largest absolute Gasteiger partial charge is 0.310 e. The predicted octanol–water partition coefficient (Wildman–Crippen LogP) is 3.77. The molecule has 0 radical (unpaired) electrons. The van der Waals surface area contributed by atoms with Gasteiger partial charge in [-0.3, -0.25) is 0 Å². The maximum absolute atomic E-state index is 5.84. The summed E-state index contributed by atoms with van der Waals surface area (Å²) in [6, 6.07) is 6.17. The molecule has 17 heavy (non-hydrogen) atoms. The first-order chi connectivity index (χ1) is 8.17. The molecule has 0 fully saturated rings. The average Bonchev–Trinajstić information content (AvgIpc) is 2.75. The second-order valence-corrected chi connectivity index (χ2v) is 4.90. The summed E-state index contributed by atoms with van der Waals surface area (Å²) in [6.45, 7) is 4.94. The van der Waals surface area contributed by atoms with Gasteiger partial charge in [0.2, 0.25) is 0 Å². The maximum Gasteiger partial charge on any atom is 0.164 e. The summed E-state index contributed by atoms with van der Waals surface area (Å²) in [7, 11) is 0. The van der Waals surface area contributed by atoms with Crippen LogP contribution in [0.4, 0.5) is 0 Å². The van der Waals surface area contributed by atoms with E-state index in [2.05, 4.69) is 52.1 Å². The van der Waals surface area contributed by atoms with Gasteiger partial charge in [-0.25, -0.2) is 0 Å². The van der Waals surface area contributed by atoms with Gasteiger partial charge in [0.1, 0.15) is 5.82 Å². The molecular weight excluding hydrogens is 302 g/mol. The van der Waals surface area contributed by atoms with Crippen LogP contribution in [-0.2, 0) is 12.4 Å². The first kappa shape index (κ1) is 12.6. The lowest BCUT2D eigenvalue weighted by atomic mass is 10.1. The zero-order valence-corrected chi connectivity index (χ0v) is 12.1. The van der Waals surface area contributed by atoms with Crippen molar-refractivity contribution in [1.82, 2.24) is 14.8 Å². The lowest BCUT2D eigenvalue weighted by molar-refractivity contribution is 0.731. The Morgan fingerprint density at radius 3 is 2.71 bits per heavy atom. The van der Waals surface area contributed by atoms with Gasteiger partial charge in [0.05, 0.1) is 5.88 Å². The quantitative estimate of drug-likeness (QED) is 0.807. The second kappa shape index (κ2) is 5.19. The van der Waals surface area contributed by atoms with Crippen LogP contribution in [0, 0.1) is 6.92 Å². The molecule has 0 spiro atoms. The van der Waals surface area contributed by atoms with E-state index in [1.54, 1.807) is 0 Å². The molecule has 0 amide bonds. The molecule has 0 aliphatic carbocycles. The van der Waals surface area contributed by atoms with Gasteiger partial charge in [-0.2, -0.15) is 0 Å². The van der Waals surface area contributed by atoms with Crippen LogP contribution >= 0.6 is 27.5 Å². The highest BCUT2D eigenvalue weighted by Gasteiger charge is 2.12. The Morgan fingerprint density at radius 1 is 1.35 bits per heavy atom. The van der Waals surface area contributed by atoms with Gasteiger partial charge in [0, 0.05) is 16.6 Å². The molecule has 1 aromatic carbocycles. The van der Waals surface area contributed by atoms with Crippen LogP contribution < -0.4 is 0 Å². The molecule has 5 heteroatoms. The highest BCUT2D eigenvalue weighted by atomic mass is 79.9. The van der Waals surface area contributed by atoms with E-state index in [1.165, 1.54) is 5.56 Å². The average molecular weight is 315 g/mol. The monoisotopic (exact) mass is 313 g/mol. The first-order valence-electron chi connectivity index (χ1n) is 5.42. The lowest BCUT2D eigenvalue weighted by Gasteiger charge is -2.07. The van der Waals surface area contributed by atoms with Gasteiger partial charge in [0.25, 0.3) is 0 Å². The molecule has 1 heterocycles. The molecule has 2 rings (SSSR count). The molecule has 1 aromatic heterocycles. The van der Waals surface area contributed by atoms with E-state index in [0.717, 1.165) is 28.2 Å². The van der Waals surface area contributed by atoms with Crippen LogP contribution in [0.5, 0.6) is 0 Å². The van der Waals surface area contributed by atoms with Crippen LogP contribution in [0.3, 0.4) is 0 Å². The van der Waals surface area contributed by atoms with Crippen LogP contribution in [-0.4, -0.2) is 14.8 Å². The Bertz CT molecular complexity index is 537. The first-order valence-corrected chi connectivity index (χ1v) is 6.74. The Morgan fingerprint density at radius 2 is 2.12 bits per heavy atom. The summed E-state index contributed by atoms with van der Waals surface area (Å²) in [5, 5.41) is 8.31. The number of halogens is 2. The topological polar surface area (TPSA) is 30.7 Å². The van der Waals surface area contributed by atoms with Crippen molar-refractivity contribution in [3.05, 3.63) is 34.1 Å². The number of rotatable bonds is 3. The minimum Gasteiger partial charge on any atom is -0.310 e. The summed E-state index contributed by atoms with van der Waals surface area (Å²) < 4.78 is 3.11. The molecule has 0 saturated carbocycles. The molecule has 2 aromatic rings. The number of benzene rings is 1. The summed E-state index contributed by atoms with van der Waals surface area (Å²) in [4.78, 5) is 0. The van der Waals surface area contributed by atoms with Crippen molar-refractivity contribution >= 4 is 27.5 Å². The van der Waals surface area contributed by atoms with Crippen molar-refractivity contribution in [3.8, 4) is 11.4 Å². The van der Waals surface area contributed by atoms with E-state index in [-0.39, 0.29) is 0 Å². The fourth-order valence-electron chi connectivity index (χ4n) is 1.71. The van der Waals surface area contributed by atoms with Gasteiger partial charge in [-0.15, -0.1) is 21.8 Å². The molecular formula is C12H13BrClN3. The number of hydrogen-bond acceptors (Lipinski definition) is 2. The molecule has 0 unspecified atom stereocenters. The third-order valence-electron chi connectivity index (χ3n) is 2.69. The van der Waals surface area contributed by atoms with E-state index in [4.69, 9.17) is 11.6 Å². The Labute approximate surface area is 114 Å². The number of aryl methyl sites for hydroxylation is 1. The molecule has 0 atom stereocenters. The lowest BCUT2D eigenvalue weighted by Crippen LogP contribution is -2.02. The predicted molar refractivity (Wildman–Crippen MR) is 73.1 cm³/mol. The SMILES string of the molecule is CCn1c(CCl)nnc1-c1ccc(C)c(Br)c1. The van der Waals surface area contributed by atoms with Gasteiger partial charge in [-0.1, -0.05) is 28.1 Å². The minimum atomic E-state index is 0.383. The number of hydrogen-bond donors (Lipinski definition) is 0. The van der Waals surface area contributed by atoms with Crippen LogP contribution in [0.15, 0.2) is 22.7 Å². The molecule has 0 bridgehead atoms. The summed E-state index contributed by atoms with van der Waals surface area (Å²) in [6.07, 6.45) is 0. The van der Waals surface area contributed by atoms with Crippen LogP contribution in [0.1, 0.15) is 18.3 Å². The van der Waals surface area contributed by atoms with E-state index in [9.17, 15) is 0 Å². The highest BCUT2D eigenvalue weighted by Crippen LogP contribution is 2.25. The van der Waals surface area contributed by atoms with Crippen LogP contribution in [0.25, 0.3) is 11.4 Å². The fourth-order valence-corrected chi connectivity index (χ4v) is 2.29. The van der Waals surface area contributed by atoms with Crippen molar-refractivity contribution in [2.24, 2.45) is 0 Å². The van der Waals surface area contributed by atoms with Gasteiger partial charge < -0.3 is 4.57 Å². The van der Waals surface area contributed by atoms with Crippen LogP contribution in [0.2, 0.25) is 0 Å². The van der Waals surface area contributed by atoms with Crippen molar-refractivity contribution in [3.63, 3.8) is 0 Å². The smallest absolute Gasteiger partial charge is 0.164 e. The summed E-state index contributed by atoms with van der Waals surface area (Å²) in [5.41, 5.74) is 2.25. The molecule has 90 valence electrons. The zero-order valence-electron chi connectivity index (χ0n) is 9.74. The Kier molecular flexibility index (Phi) is 3.84. The molecule has 0 aliphatic rings. The Hall–Kier alpha value is -0.870. The van der Waals surface area contributed by atoms with E-state index >= 15 is 0 Å². The van der Waals surface area contributed by atoms with Gasteiger partial charge in [-0.05, 0) is 25.5 Å². The minimum absolute atomic E-state index is 0.383. The third-order valence-corrected chi connectivity index (χ3v) is 3.79. The number of alkyl halides is 1. The Balaban J connectivity index is 2.52. The van der Waals surface area contributed by atoms with Crippen molar-refractivity contribution in [1.29, 1.82) is 0 Å². The third kappa shape index (κ3) is 2.38. The highest BCUT2D eigenvalue weighted by molar-refractivity contribution is 9.10. The maximum atomic E-state index is 5.84. The molecule has 0 N–H and O–H groups in total. The van der Waals surface area contributed by atoms with E-state index in [1.807, 2.05) is 10.6 Å². The van der Waals surface area contributed by atoms with Crippen molar-refractivity contribution in [2.45, 2.75) is 26.3 Å². The standard InChI is InChI=1S/C12H13BrClN3/c1-3-17-11(7-14)15-16-12(17)9-5-4-8(2)10(13)6-9/h4-6H,3,7H2,1-2H3. The number of aromatic nitrogens is 3. The van der Waals surface area contributed by atoms with E-state index < -0.39 is 0 Å². The zero-order chi connectivity index (χ0) is 12.4. The van der Waals surface area contributed by atoms with Crippen molar-refractivity contribution in [2.75, 3.05) is 0 Å². The molecule has 0 saturated heterocycles. The van der Waals surface area contributed by atoms with E-state index in [0.29, 0.717) is 5.88 Å². The second-order valence-electron chi connectivity index (χ2n) is 3.78. The van der Waals surface area contributed by atoms with Gasteiger partial charge in [0.15, 0.2) is 5.82 Å². The van der Waals surface area contributed by atoms with Crippen molar-refractivity contribution < 1.29 is 0 Å². The normalized spacial score (nSPS) is 10.8. The summed E-state index contributed by atoms with van der Waals surface area (Å²) in [5.74, 6) is 2.05. The molecule has 0 aliphatic heterocycles. The van der Waals surface area contributed by atoms with Gasteiger partial charge >= 0.3 is 0 Å². The number of nitrogens with zero attached hydrogens (tertiary/aromatic N) is 3. The summed E-state index contributed by atoms with van der Waals surface area (Å²) >= 11 is 9.37.